The highest BCUT2D eigenvalue weighted by Crippen LogP contribution is 2.72. The summed E-state index contributed by atoms with van der Waals surface area (Å²) in [7, 11) is 0. The van der Waals surface area contributed by atoms with Crippen LogP contribution in [0.15, 0.2) is 182 Å². The molecule has 668 valence electrons. The van der Waals surface area contributed by atoms with E-state index in [-0.39, 0.29) is 43.7 Å². The van der Waals surface area contributed by atoms with Gasteiger partial charge in [-0.05, 0) is 336 Å². The van der Waals surface area contributed by atoms with Gasteiger partial charge in [-0.1, -0.05) is 72.8 Å². The highest BCUT2D eigenvalue weighted by molar-refractivity contribution is 5.88. The van der Waals surface area contributed by atoms with Crippen molar-refractivity contribution < 1.29 is 85.3 Å². The quantitative estimate of drug-likeness (QED) is 0.0477. The summed E-state index contributed by atoms with van der Waals surface area (Å²) in [5.74, 6) is 7.19. The van der Waals surface area contributed by atoms with Gasteiger partial charge < -0.3 is 85.3 Å². The zero-order valence-electron chi connectivity index (χ0n) is 73.6. The number of rotatable bonds is 27. The van der Waals surface area contributed by atoms with E-state index in [0.717, 1.165) is 330 Å². The molecule has 22 rings (SSSR count). The van der Waals surface area contributed by atoms with Crippen LogP contribution in [0.3, 0.4) is 0 Å². The fourth-order valence-corrected chi connectivity index (χ4v) is 22.7. The van der Waals surface area contributed by atoms with Crippen LogP contribution in [-0.2, 0) is 58.9 Å². The molecule has 0 spiro atoms. The van der Waals surface area contributed by atoms with E-state index in [1.807, 2.05) is 0 Å². The van der Waals surface area contributed by atoms with Gasteiger partial charge >= 0.3 is 0 Å². The van der Waals surface area contributed by atoms with Gasteiger partial charge in [0.15, 0.2) is 56.6 Å². The molecule has 9 atom stereocenters. The first-order chi connectivity index (χ1) is 62.7. The maximum atomic E-state index is 7.59. The van der Waals surface area contributed by atoms with Crippen molar-refractivity contribution in [3.8, 4) is 119 Å². The third-order valence-corrected chi connectivity index (χ3v) is 28.8. The molecular weight excluding hydrogens is 1600 g/mol. The molecule has 18 nitrogen and oxygen atoms in total. The molecule has 18 heteroatoms. The van der Waals surface area contributed by atoms with Crippen molar-refractivity contribution in [3.05, 3.63) is 199 Å². The highest BCUT2D eigenvalue weighted by Gasteiger charge is 2.65. The molecule has 0 amide bonds. The standard InChI is InChI=1S/C109H124O18/c1-10-52-110-95(19-1)119-83-40-28-74(29-41-83)89-61-80(62-90(104(89)125-101-25-7-16-58-116-101)75-30-42-84(43-31-75)120-96-20-2-11-53-111-96)107-67-73-68-108(70-107,81-63-91(76-32-44-85(45-33-76)121-97-21-3-12-54-112-97)105(126-102-26-8-17-59-117-102)92(64-81)77-34-46-86(47-35-77)122-98-22-4-13-55-113-98)72-109(69-73,71-107)82-65-93(78-36-48-87(49-37-78)123-99-23-5-14-56-114-99)106(127-103-27-9-18-60-118-103)94(66-82)79-38-50-88(51-39-79)124-100-24-6-15-57-115-100/h28-51,61-66,73,95-103H,1-27,52-60,67-72H2. The molecular formula is C109H124O18. The Morgan fingerprint density at radius 1 is 0.189 bits per heavy atom. The average molecular weight is 1720 g/mol. The Morgan fingerprint density at radius 3 is 0.496 bits per heavy atom. The fourth-order valence-electron chi connectivity index (χ4n) is 22.7. The summed E-state index contributed by atoms with van der Waals surface area (Å²) < 4.78 is 120. The Morgan fingerprint density at radius 2 is 0.346 bits per heavy atom. The molecule has 9 heterocycles. The normalized spacial score (nSPS) is 28.5. The van der Waals surface area contributed by atoms with Crippen LogP contribution in [0.5, 0.6) is 51.7 Å². The van der Waals surface area contributed by atoms with Gasteiger partial charge in [0.05, 0.1) is 59.5 Å². The lowest BCUT2D eigenvalue weighted by molar-refractivity contribution is -0.106. The Balaban J connectivity index is 0.791. The Kier molecular flexibility index (Phi) is 25.9. The number of benzene rings is 9. The van der Waals surface area contributed by atoms with Crippen molar-refractivity contribution in [1.29, 1.82) is 0 Å². The van der Waals surface area contributed by atoms with Crippen LogP contribution >= 0.6 is 0 Å². The summed E-state index contributed by atoms with van der Waals surface area (Å²) in [4.78, 5) is 0. The maximum Gasteiger partial charge on any atom is 0.199 e. The van der Waals surface area contributed by atoms with Crippen molar-refractivity contribution in [2.45, 2.75) is 285 Å². The average Bonchev–Trinajstić information content (AvgIpc) is 0.675. The van der Waals surface area contributed by atoms with Gasteiger partial charge in [-0.25, -0.2) is 0 Å². The lowest BCUT2D eigenvalue weighted by atomic mass is 9.36. The molecule has 9 saturated heterocycles. The lowest BCUT2D eigenvalue weighted by Gasteiger charge is -2.67. The van der Waals surface area contributed by atoms with Gasteiger partial charge in [-0.3, -0.25) is 0 Å². The minimum atomic E-state index is -0.483. The van der Waals surface area contributed by atoms with Crippen LogP contribution in [0.25, 0.3) is 66.8 Å². The van der Waals surface area contributed by atoms with E-state index in [2.05, 4.69) is 182 Å². The molecule has 0 N–H and O–H groups in total. The van der Waals surface area contributed by atoms with E-state index in [4.69, 9.17) is 85.3 Å². The van der Waals surface area contributed by atoms with Crippen molar-refractivity contribution in [2.24, 2.45) is 5.92 Å². The second-order valence-corrected chi connectivity index (χ2v) is 37.9. The van der Waals surface area contributed by atoms with Crippen LogP contribution in [0.1, 0.15) is 229 Å². The van der Waals surface area contributed by atoms with E-state index in [9.17, 15) is 0 Å². The maximum absolute atomic E-state index is 7.59. The van der Waals surface area contributed by atoms with E-state index < -0.39 is 35.1 Å². The van der Waals surface area contributed by atoms with Crippen LogP contribution < -0.4 is 42.6 Å². The van der Waals surface area contributed by atoms with Crippen LogP contribution in [0.4, 0.5) is 0 Å². The molecule has 9 aromatic carbocycles. The molecule has 13 fully saturated rings. The van der Waals surface area contributed by atoms with E-state index in [1.165, 1.54) is 16.7 Å². The van der Waals surface area contributed by atoms with Gasteiger partial charge in [-0.2, -0.15) is 0 Å². The summed E-state index contributed by atoms with van der Waals surface area (Å²) in [6.07, 6.45) is 28.1. The Labute approximate surface area is 748 Å². The molecule has 4 aliphatic carbocycles. The molecule has 4 saturated carbocycles. The van der Waals surface area contributed by atoms with Crippen LogP contribution in [0.2, 0.25) is 0 Å². The molecule has 127 heavy (non-hydrogen) atoms. The van der Waals surface area contributed by atoms with Crippen LogP contribution in [0, 0.1) is 5.92 Å². The van der Waals surface area contributed by atoms with E-state index >= 15 is 0 Å². The first kappa shape index (κ1) is 84.7. The van der Waals surface area contributed by atoms with E-state index in [1.54, 1.807) is 0 Å². The van der Waals surface area contributed by atoms with E-state index in [0.29, 0.717) is 59.5 Å². The zero-order valence-corrected chi connectivity index (χ0v) is 73.6. The second kappa shape index (κ2) is 38.9. The zero-order chi connectivity index (χ0) is 84.8. The molecule has 13 aliphatic rings. The molecule has 4 bridgehead atoms. The van der Waals surface area contributed by atoms with Crippen molar-refractivity contribution in [1.82, 2.24) is 0 Å². The first-order valence-corrected chi connectivity index (χ1v) is 48.4. The third-order valence-electron chi connectivity index (χ3n) is 28.8. The second-order valence-electron chi connectivity index (χ2n) is 37.9. The van der Waals surface area contributed by atoms with Gasteiger partial charge in [0, 0.05) is 91.2 Å². The number of ether oxygens (including phenoxy) is 18. The predicted molar refractivity (Wildman–Crippen MR) is 486 cm³/mol. The predicted octanol–water partition coefficient (Wildman–Crippen LogP) is 24.9. The van der Waals surface area contributed by atoms with Crippen molar-refractivity contribution >= 4 is 0 Å². The minimum Gasteiger partial charge on any atom is -0.465 e. The smallest absolute Gasteiger partial charge is 0.199 e. The SMILES string of the molecule is c1cc(-c2cc(C34CC5CC(c6cc(-c7ccc(OC8CCCCO8)cc7)c(OC7CCCCO7)c(-c7ccc(OC8CCCCO8)cc7)c6)(C3)CC(c3cc(-c6ccc(OC7CCCCO7)cc6)c(OC6CCCCO6)c(-c6ccc(OC7CCCCO7)cc6)c3)(C5)C4)cc(-c3ccc(OC4CCCCO4)cc3)c2OC2CCCCO2)ccc1OC1CCCCO1. The summed E-state index contributed by atoms with van der Waals surface area (Å²) in [6.45, 7) is 5.99. The van der Waals surface area contributed by atoms with Gasteiger partial charge in [0.25, 0.3) is 0 Å². The van der Waals surface area contributed by atoms with Crippen molar-refractivity contribution in [2.75, 3.05) is 59.5 Å². The minimum absolute atomic E-state index is 0.234. The van der Waals surface area contributed by atoms with Gasteiger partial charge in [-0.15, -0.1) is 0 Å². The molecule has 9 unspecified atom stereocenters. The molecule has 0 aromatic heterocycles. The Bertz CT molecular complexity index is 4350. The fraction of sp³-hybridized carbons (Fsp3) is 0.505. The largest absolute Gasteiger partial charge is 0.465 e. The van der Waals surface area contributed by atoms with Crippen LogP contribution in [-0.4, -0.2) is 116 Å². The molecule has 0 radical (unpaired) electrons. The van der Waals surface area contributed by atoms with Gasteiger partial charge in [0.2, 0.25) is 0 Å². The lowest BCUT2D eigenvalue weighted by Crippen LogP contribution is -2.62. The third kappa shape index (κ3) is 19.4. The summed E-state index contributed by atoms with van der Waals surface area (Å²) in [5.41, 5.74) is 14.5. The number of hydrogen-bond donors (Lipinski definition) is 0. The molecule has 9 aromatic rings. The summed E-state index contributed by atoms with van der Waals surface area (Å²) in [5, 5.41) is 0. The summed E-state index contributed by atoms with van der Waals surface area (Å²) in [6, 6.07) is 67.4. The summed E-state index contributed by atoms with van der Waals surface area (Å²) >= 11 is 0. The highest BCUT2D eigenvalue weighted by atomic mass is 16.7. The molecule has 9 aliphatic heterocycles. The van der Waals surface area contributed by atoms with Crippen molar-refractivity contribution in [3.63, 3.8) is 0 Å². The number of hydrogen-bond acceptors (Lipinski definition) is 18. The topological polar surface area (TPSA) is 166 Å². The Hall–Kier alpha value is -9.18. The monoisotopic (exact) mass is 1720 g/mol. The first-order valence-electron chi connectivity index (χ1n) is 48.4. The van der Waals surface area contributed by atoms with Gasteiger partial charge in [0.1, 0.15) is 51.7 Å².